The molecule has 4 rings (SSSR count). The highest BCUT2D eigenvalue weighted by Crippen LogP contribution is 2.32. The molecule has 2 N–H and O–H groups in total. The number of halogens is 1. The molecule has 0 bridgehead atoms. The molecule has 0 aliphatic heterocycles. The van der Waals surface area contributed by atoms with Crippen LogP contribution in [0, 0.1) is 5.82 Å². The lowest BCUT2D eigenvalue weighted by Gasteiger charge is -2.17. The van der Waals surface area contributed by atoms with Crippen molar-refractivity contribution in [2.45, 2.75) is 6.04 Å². The van der Waals surface area contributed by atoms with Crippen molar-refractivity contribution >= 4 is 16.7 Å². The van der Waals surface area contributed by atoms with E-state index in [9.17, 15) is 4.39 Å². The van der Waals surface area contributed by atoms with Gasteiger partial charge in [0.05, 0.1) is 6.26 Å². The highest BCUT2D eigenvalue weighted by atomic mass is 19.1. The summed E-state index contributed by atoms with van der Waals surface area (Å²) in [5.74, 6) is 1.19. The smallest absolute Gasteiger partial charge is 0.130 e. The van der Waals surface area contributed by atoms with Gasteiger partial charge in [-0.1, -0.05) is 6.07 Å². The Kier molecular flexibility index (Phi) is 3.31. The topological polar surface area (TPSA) is 53.9 Å². The number of fused-ring (bicyclic) bond motifs is 1. The first kappa shape index (κ1) is 13.6. The zero-order valence-corrected chi connectivity index (χ0v) is 12.2. The third-order valence-electron chi connectivity index (χ3n) is 3.77. The number of benzene rings is 1. The summed E-state index contributed by atoms with van der Waals surface area (Å²) in [4.78, 5) is 7.47. The predicted molar refractivity (Wildman–Crippen MR) is 86.7 cm³/mol. The third-order valence-corrected chi connectivity index (χ3v) is 3.77. The van der Waals surface area contributed by atoms with Crippen molar-refractivity contribution in [2.24, 2.45) is 0 Å². The van der Waals surface area contributed by atoms with E-state index in [4.69, 9.17) is 4.42 Å². The minimum atomic E-state index is -0.269. The number of anilines is 1. The number of furan rings is 1. The van der Waals surface area contributed by atoms with E-state index in [1.807, 2.05) is 36.5 Å². The molecule has 0 amide bonds. The van der Waals surface area contributed by atoms with Gasteiger partial charge in [0, 0.05) is 28.9 Å². The quantitative estimate of drug-likeness (QED) is 0.584. The monoisotopic (exact) mass is 307 g/mol. The summed E-state index contributed by atoms with van der Waals surface area (Å²) in [5.41, 5.74) is 1.78. The first-order valence-corrected chi connectivity index (χ1v) is 7.29. The largest absolute Gasteiger partial charge is 0.467 e. The Morgan fingerprint density at radius 3 is 2.87 bits per heavy atom. The maximum Gasteiger partial charge on any atom is 0.130 e. The second-order valence-corrected chi connectivity index (χ2v) is 5.24. The van der Waals surface area contributed by atoms with Crippen molar-refractivity contribution < 1.29 is 8.81 Å². The van der Waals surface area contributed by atoms with Gasteiger partial charge in [-0.25, -0.2) is 9.37 Å². The first-order chi connectivity index (χ1) is 11.3. The van der Waals surface area contributed by atoms with Gasteiger partial charge < -0.3 is 14.7 Å². The second-order valence-electron chi connectivity index (χ2n) is 5.24. The van der Waals surface area contributed by atoms with E-state index in [1.165, 1.54) is 12.1 Å². The Bertz CT molecular complexity index is 916. The van der Waals surface area contributed by atoms with E-state index >= 15 is 0 Å². The lowest BCUT2D eigenvalue weighted by molar-refractivity contribution is 0.499. The van der Waals surface area contributed by atoms with Crippen molar-refractivity contribution in [1.82, 2.24) is 9.97 Å². The predicted octanol–water partition coefficient (Wildman–Crippen LogP) is 4.50. The van der Waals surface area contributed by atoms with Gasteiger partial charge in [-0.15, -0.1) is 0 Å². The van der Waals surface area contributed by atoms with Crippen LogP contribution in [-0.2, 0) is 0 Å². The number of hydrogen-bond donors (Lipinski definition) is 2. The Hall–Kier alpha value is -3.08. The van der Waals surface area contributed by atoms with Crippen LogP contribution in [0.4, 0.5) is 10.2 Å². The molecule has 0 saturated heterocycles. The van der Waals surface area contributed by atoms with E-state index < -0.39 is 0 Å². The minimum absolute atomic E-state index is 0.268. The summed E-state index contributed by atoms with van der Waals surface area (Å²) in [5, 5.41) is 4.16. The van der Waals surface area contributed by atoms with Gasteiger partial charge >= 0.3 is 0 Å². The number of pyridine rings is 1. The highest BCUT2D eigenvalue weighted by Gasteiger charge is 2.21. The second kappa shape index (κ2) is 5.61. The Balaban J connectivity index is 1.82. The molecule has 5 heteroatoms. The number of aromatic amines is 1. The lowest BCUT2D eigenvalue weighted by atomic mass is 10.0. The fraction of sp³-hybridized carbons (Fsp3) is 0.0556. The van der Waals surface area contributed by atoms with Gasteiger partial charge in [-0.3, -0.25) is 0 Å². The molecule has 3 aromatic heterocycles. The molecule has 23 heavy (non-hydrogen) atoms. The summed E-state index contributed by atoms with van der Waals surface area (Å²) in [6.45, 7) is 0. The van der Waals surface area contributed by atoms with Crippen LogP contribution in [0.5, 0.6) is 0 Å². The minimum Gasteiger partial charge on any atom is -0.467 e. The molecular weight excluding hydrogens is 293 g/mol. The lowest BCUT2D eigenvalue weighted by Crippen LogP contribution is -2.12. The average molecular weight is 307 g/mol. The number of H-pyrrole nitrogens is 1. The average Bonchev–Trinajstić information content (AvgIpc) is 3.23. The van der Waals surface area contributed by atoms with Crippen LogP contribution in [0.25, 0.3) is 10.9 Å². The van der Waals surface area contributed by atoms with Gasteiger partial charge in [0.2, 0.25) is 0 Å². The summed E-state index contributed by atoms with van der Waals surface area (Å²) in [6.07, 6.45) is 5.21. The number of hydrogen-bond acceptors (Lipinski definition) is 3. The molecule has 1 aromatic carbocycles. The number of aromatic nitrogens is 2. The van der Waals surface area contributed by atoms with Crippen molar-refractivity contribution in [3.8, 4) is 0 Å². The molecule has 1 unspecified atom stereocenters. The molecule has 0 aliphatic carbocycles. The molecule has 0 radical (unpaired) electrons. The third kappa shape index (κ3) is 2.57. The van der Waals surface area contributed by atoms with Gasteiger partial charge in [0.1, 0.15) is 23.4 Å². The molecule has 114 valence electrons. The van der Waals surface area contributed by atoms with E-state index in [0.717, 1.165) is 28.0 Å². The molecule has 1 atom stereocenters. The summed E-state index contributed by atoms with van der Waals surface area (Å²) in [7, 11) is 0. The van der Waals surface area contributed by atoms with Gasteiger partial charge in [0.15, 0.2) is 0 Å². The Labute approximate surface area is 132 Å². The van der Waals surface area contributed by atoms with E-state index in [0.29, 0.717) is 0 Å². The molecule has 0 aliphatic rings. The van der Waals surface area contributed by atoms with Crippen molar-refractivity contribution in [3.05, 3.63) is 84.3 Å². The van der Waals surface area contributed by atoms with Crippen LogP contribution >= 0.6 is 0 Å². The molecule has 0 spiro atoms. The number of nitrogens with one attached hydrogen (secondary N) is 2. The van der Waals surface area contributed by atoms with Crippen molar-refractivity contribution in [2.75, 3.05) is 5.32 Å². The fourth-order valence-corrected chi connectivity index (χ4v) is 2.71. The van der Waals surface area contributed by atoms with Crippen LogP contribution in [0.15, 0.2) is 71.6 Å². The maximum absolute atomic E-state index is 13.7. The molecule has 4 aromatic rings. The molecule has 0 saturated carbocycles. The van der Waals surface area contributed by atoms with Gasteiger partial charge in [0.25, 0.3) is 0 Å². The molecule has 4 nitrogen and oxygen atoms in total. The SMILES string of the molecule is Fc1ccc2[nH]cc(C(Nc3ccccn3)c3ccco3)c2c1. The van der Waals surface area contributed by atoms with Crippen LogP contribution in [0.1, 0.15) is 17.4 Å². The standard InChI is InChI=1S/C18H14FN3O/c19-12-6-7-15-13(10-12)14(11-21-15)18(16-4-3-9-23-16)22-17-5-1-2-8-20-17/h1-11,18,21H,(H,20,22). The number of rotatable bonds is 4. The number of nitrogens with zero attached hydrogens (tertiary/aromatic N) is 1. The summed E-state index contributed by atoms with van der Waals surface area (Å²) >= 11 is 0. The van der Waals surface area contributed by atoms with Crippen molar-refractivity contribution in [1.29, 1.82) is 0 Å². The normalized spacial score (nSPS) is 12.4. The van der Waals surface area contributed by atoms with Crippen LogP contribution in [-0.4, -0.2) is 9.97 Å². The Morgan fingerprint density at radius 1 is 1.13 bits per heavy atom. The fourth-order valence-electron chi connectivity index (χ4n) is 2.71. The van der Waals surface area contributed by atoms with Crippen molar-refractivity contribution in [3.63, 3.8) is 0 Å². The summed E-state index contributed by atoms with van der Waals surface area (Å²) < 4.78 is 19.2. The zero-order valence-electron chi connectivity index (χ0n) is 12.2. The summed E-state index contributed by atoms with van der Waals surface area (Å²) in [6, 6.07) is 13.8. The molecule has 0 fully saturated rings. The first-order valence-electron chi connectivity index (χ1n) is 7.29. The molecular formula is C18H14FN3O. The van der Waals surface area contributed by atoms with Crippen LogP contribution in [0.3, 0.4) is 0 Å². The van der Waals surface area contributed by atoms with E-state index in [2.05, 4.69) is 15.3 Å². The van der Waals surface area contributed by atoms with Crippen LogP contribution < -0.4 is 5.32 Å². The van der Waals surface area contributed by atoms with E-state index in [1.54, 1.807) is 18.5 Å². The highest BCUT2D eigenvalue weighted by molar-refractivity contribution is 5.84. The molecule has 3 heterocycles. The zero-order chi connectivity index (χ0) is 15.6. The van der Waals surface area contributed by atoms with Crippen LogP contribution in [0.2, 0.25) is 0 Å². The van der Waals surface area contributed by atoms with Gasteiger partial charge in [-0.05, 0) is 42.5 Å². The van der Waals surface area contributed by atoms with E-state index in [-0.39, 0.29) is 11.9 Å². The Morgan fingerprint density at radius 2 is 2.09 bits per heavy atom. The van der Waals surface area contributed by atoms with Gasteiger partial charge in [-0.2, -0.15) is 0 Å². The maximum atomic E-state index is 13.7.